The first kappa shape index (κ1) is 59.2. The van der Waals surface area contributed by atoms with Crippen LogP contribution < -0.4 is 10.2 Å². The minimum absolute atomic E-state index is 0.00235. The molecule has 0 fully saturated rings. The Kier molecular flexibility index (Phi) is 42.9. The van der Waals surface area contributed by atoms with Crippen LogP contribution in [0.4, 0.5) is 0 Å². The molecule has 0 heterocycles. The number of rotatable bonds is 48. The minimum Gasteiger partial charge on any atom is -0.756 e. The molecule has 0 aromatic rings. The van der Waals surface area contributed by atoms with Crippen LogP contribution in [0, 0.1) is 0 Å². The first-order chi connectivity index (χ1) is 29.0. The molecule has 60 heavy (non-hydrogen) atoms. The standard InChI is InChI=1S/C51H103N2O6P/c1-6-8-10-12-14-16-18-20-22-23-24-25-26-27-28-29-30-31-33-35-37-39-41-43-45-51(55)52-49(48-59-60(56,57)58-47-46-53(3,4)5)50(54)44-42-40-38-36-34-32-21-19-17-15-13-11-9-7-2/h42,44,49-50,54H,6-41,43,45-48H2,1-5H3,(H-,52,55,56,57)/b44-42+/t49-,50+/m0/s1. The average molecular weight is 871 g/mol. The number of allylic oxidation sites excluding steroid dienone is 1. The maximum Gasteiger partial charge on any atom is 0.268 e. The zero-order valence-corrected chi connectivity index (χ0v) is 41.6. The van der Waals surface area contributed by atoms with E-state index in [4.69, 9.17) is 9.05 Å². The molecule has 0 saturated heterocycles. The van der Waals surface area contributed by atoms with Gasteiger partial charge < -0.3 is 28.8 Å². The molecule has 1 unspecified atom stereocenters. The number of nitrogens with zero attached hydrogens (tertiary/aromatic N) is 1. The highest BCUT2D eigenvalue weighted by Crippen LogP contribution is 2.38. The van der Waals surface area contributed by atoms with E-state index in [1.807, 2.05) is 27.2 Å². The van der Waals surface area contributed by atoms with Crippen molar-refractivity contribution in [3.63, 3.8) is 0 Å². The number of hydrogen-bond donors (Lipinski definition) is 2. The van der Waals surface area contributed by atoms with Crippen LogP contribution in [-0.4, -0.2) is 68.5 Å². The van der Waals surface area contributed by atoms with Gasteiger partial charge in [0, 0.05) is 6.42 Å². The number of carbonyl (C=O) groups is 1. The van der Waals surface area contributed by atoms with Gasteiger partial charge in [0.05, 0.1) is 39.9 Å². The highest BCUT2D eigenvalue weighted by molar-refractivity contribution is 7.45. The molecular weight excluding hydrogens is 768 g/mol. The summed E-state index contributed by atoms with van der Waals surface area (Å²) in [6.45, 7) is 4.68. The summed E-state index contributed by atoms with van der Waals surface area (Å²) < 4.78 is 23.3. The lowest BCUT2D eigenvalue weighted by Gasteiger charge is -2.29. The van der Waals surface area contributed by atoms with Crippen LogP contribution in [0.2, 0.25) is 0 Å². The maximum absolute atomic E-state index is 12.9. The second-order valence-electron chi connectivity index (χ2n) is 19.2. The Labute approximate surface area is 373 Å². The van der Waals surface area contributed by atoms with E-state index in [1.165, 1.54) is 199 Å². The normalized spacial score (nSPS) is 14.2. The van der Waals surface area contributed by atoms with Crippen LogP contribution >= 0.6 is 7.82 Å². The van der Waals surface area contributed by atoms with Gasteiger partial charge in [-0.25, -0.2) is 0 Å². The summed E-state index contributed by atoms with van der Waals surface area (Å²) in [5, 5.41) is 13.8. The molecule has 0 bridgehead atoms. The molecule has 9 heteroatoms. The minimum atomic E-state index is -4.59. The fourth-order valence-corrected chi connectivity index (χ4v) is 8.58. The van der Waals surface area contributed by atoms with Crippen molar-refractivity contribution in [2.24, 2.45) is 0 Å². The van der Waals surface area contributed by atoms with Gasteiger partial charge in [-0.2, -0.15) is 0 Å². The van der Waals surface area contributed by atoms with E-state index in [9.17, 15) is 19.4 Å². The summed E-state index contributed by atoms with van der Waals surface area (Å²) in [7, 11) is 1.27. The van der Waals surface area contributed by atoms with Crippen molar-refractivity contribution in [3.05, 3.63) is 12.2 Å². The smallest absolute Gasteiger partial charge is 0.268 e. The summed E-state index contributed by atoms with van der Waals surface area (Å²) in [5.74, 6) is -0.192. The molecule has 0 aromatic carbocycles. The number of carbonyl (C=O) groups excluding carboxylic acids is 1. The summed E-state index contributed by atoms with van der Waals surface area (Å²) in [5.41, 5.74) is 0. The van der Waals surface area contributed by atoms with Crippen LogP contribution in [0.5, 0.6) is 0 Å². The molecule has 0 rings (SSSR count). The van der Waals surface area contributed by atoms with Gasteiger partial charge in [-0.3, -0.25) is 9.36 Å². The molecule has 3 atom stereocenters. The molecule has 0 aliphatic heterocycles. The maximum atomic E-state index is 12.9. The number of hydrogen-bond acceptors (Lipinski definition) is 6. The van der Waals surface area contributed by atoms with E-state index in [0.717, 1.165) is 38.5 Å². The fourth-order valence-electron chi connectivity index (χ4n) is 7.86. The van der Waals surface area contributed by atoms with Crippen molar-refractivity contribution in [1.29, 1.82) is 0 Å². The van der Waals surface area contributed by atoms with Crippen LogP contribution in [0.15, 0.2) is 12.2 Å². The number of phosphoric acid groups is 1. The van der Waals surface area contributed by atoms with Gasteiger partial charge in [0.15, 0.2) is 0 Å². The van der Waals surface area contributed by atoms with Crippen molar-refractivity contribution >= 4 is 13.7 Å². The van der Waals surface area contributed by atoms with E-state index in [2.05, 4.69) is 19.2 Å². The van der Waals surface area contributed by atoms with E-state index in [-0.39, 0.29) is 19.1 Å². The Morgan fingerprint density at radius 3 is 1.25 bits per heavy atom. The summed E-state index contributed by atoms with van der Waals surface area (Å²) in [4.78, 5) is 25.4. The third-order valence-corrected chi connectivity index (χ3v) is 13.0. The van der Waals surface area contributed by atoms with Gasteiger partial charge >= 0.3 is 0 Å². The number of likely N-dealkylation sites (N-methyl/N-ethyl adjacent to an activating group) is 1. The Hall–Kier alpha value is -0.760. The lowest BCUT2D eigenvalue weighted by Crippen LogP contribution is -2.45. The fraction of sp³-hybridized carbons (Fsp3) is 0.941. The van der Waals surface area contributed by atoms with E-state index in [1.54, 1.807) is 6.08 Å². The number of aliphatic hydroxyl groups excluding tert-OH is 1. The molecule has 0 saturated carbocycles. The number of phosphoric ester groups is 1. The van der Waals surface area contributed by atoms with Crippen molar-refractivity contribution in [1.82, 2.24) is 5.32 Å². The number of nitrogens with one attached hydrogen (secondary N) is 1. The van der Waals surface area contributed by atoms with E-state index < -0.39 is 20.0 Å². The molecule has 8 nitrogen and oxygen atoms in total. The molecule has 0 aliphatic carbocycles. The SMILES string of the molecule is CCCCCCCCCCCCCC/C=C/[C@@H](O)[C@H](COP(=O)([O-])OCC[N+](C)(C)C)NC(=O)CCCCCCCCCCCCCCCCCCCCCCCCCC. The van der Waals surface area contributed by atoms with Gasteiger partial charge in [-0.15, -0.1) is 0 Å². The number of amides is 1. The summed E-state index contributed by atoms with van der Waals surface area (Å²) >= 11 is 0. The van der Waals surface area contributed by atoms with Crippen molar-refractivity contribution < 1.29 is 32.9 Å². The third kappa shape index (κ3) is 45.3. The first-order valence-electron chi connectivity index (χ1n) is 26.1. The summed E-state index contributed by atoms with van der Waals surface area (Å²) in [6.07, 6.45) is 51.3. The van der Waals surface area contributed by atoms with Crippen LogP contribution in [0.3, 0.4) is 0 Å². The van der Waals surface area contributed by atoms with Gasteiger partial charge in [0.2, 0.25) is 5.91 Å². The molecule has 358 valence electrons. The van der Waals surface area contributed by atoms with Crippen molar-refractivity contribution in [3.8, 4) is 0 Å². The lowest BCUT2D eigenvalue weighted by molar-refractivity contribution is -0.870. The van der Waals surface area contributed by atoms with Gasteiger partial charge in [-0.05, 0) is 19.3 Å². The second kappa shape index (κ2) is 43.5. The van der Waals surface area contributed by atoms with E-state index >= 15 is 0 Å². The van der Waals surface area contributed by atoms with Crippen LogP contribution in [-0.2, 0) is 18.4 Å². The predicted octanol–water partition coefficient (Wildman–Crippen LogP) is 14.5. The zero-order valence-electron chi connectivity index (χ0n) is 40.7. The highest BCUT2D eigenvalue weighted by atomic mass is 31.2. The third-order valence-electron chi connectivity index (χ3n) is 12.0. The molecule has 1 amide bonds. The zero-order chi connectivity index (χ0) is 44.3. The molecule has 2 N–H and O–H groups in total. The summed E-state index contributed by atoms with van der Waals surface area (Å²) in [6, 6.07) is -0.880. The number of quaternary nitrogens is 1. The Morgan fingerprint density at radius 1 is 0.567 bits per heavy atom. The Balaban J connectivity index is 4.18. The topological polar surface area (TPSA) is 108 Å². The largest absolute Gasteiger partial charge is 0.756 e. The van der Waals surface area contributed by atoms with Crippen molar-refractivity contribution in [2.45, 2.75) is 270 Å². The average Bonchev–Trinajstić information content (AvgIpc) is 3.20. The van der Waals surface area contributed by atoms with Gasteiger partial charge in [-0.1, -0.05) is 244 Å². The first-order valence-corrected chi connectivity index (χ1v) is 27.5. The quantitative estimate of drug-likeness (QED) is 0.0273. The molecule has 0 spiro atoms. The lowest BCUT2D eigenvalue weighted by atomic mass is 10.0. The molecular formula is C51H103N2O6P. The Morgan fingerprint density at radius 2 is 0.900 bits per heavy atom. The Bertz CT molecular complexity index is 989. The van der Waals surface area contributed by atoms with Gasteiger partial charge in [0.25, 0.3) is 7.82 Å². The van der Waals surface area contributed by atoms with Gasteiger partial charge in [0.1, 0.15) is 13.2 Å². The number of unbranched alkanes of at least 4 members (excludes halogenated alkanes) is 35. The molecule has 0 aromatic heterocycles. The van der Waals surface area contributed by atoms with Crippen molar-refractivity contribution in [2.75, 3.05) is 40.9 Å². The van der Waals surface area contributed by atoms with E-state index in [0.29, 0.717) is 17.4 Å². The number of aliphatic hydroxyl groups is 1. The van der Waals surface area contributed by atoms with Crippen LogP contribution in [0.1, 0.15) is 258 Å². The molecule has 0 aliphatic rings. The monoisotopic (exact) mass is 871 g/mol. The highest BCUT2D eigenvalue weighted by Gasteiger charge is 2.23. The second-order valence-corrected chi connectivity index (χ2v) is 20.7. The predicted molar refractivity (Wildman–Crippen MR) is 256 cm³/mol. The van der Waals surface area contributed by atoms with Crippen LogP contribution in [0.25, 0.3) is 0 Å². The molecule has 0 radical (unpaired) electrons.